The average Bonchev–Trinajstić information content (AvgIpc) is 1.02. The first kappa shape index (κ1) is 117. The predicted octanol–water partition coefficient (Wildman–Crippen LogP) is 2.22. The summed E-state index contributed by atoms with van der Waals surface area (Å²) < 4.78 is 42.0. The first-order chi connectivity index (χ1) is 60.9. The Morgan fingerprint density at radius 2 is 0.718 bits per heavy atom. The summed E-state index contributed by atoms with van der Waals surface area (Å²) in [7, 11) is 0. The number of aliphatic hydroxyl groups is 9. The lowest BCUT2D eigenvalue weighted by atomic mass is 9.75. The highest BCUT2D eigenvalue weighted by Gasteiger charge is 2.50. The molecule has 3 aliphatic heterocycles. The molecular weight excluding hydrogens is 1700 g/mol. The van der Waals surface area contributed by atoms with Gasteiger partial charge < -0.3 is 138 Å². The van der Waals surface area contributed by atoms with Crippen LogP contribution in [0.25, 0.3) is 0 Å². The summed E-state index contributed by atoms with van der Waals surface area (Å²) in [6.07, 6.45) is -8.85. The van der Waals surface area contributed by atoms with Crippen LogP contribution in [-0.4, -0.2) is 307 Å². The van der Waals surface area contributed by atoms with Crippen LogP contribution in [0.3, 0.4) is 0 Å². The van der Waals surface area contributed by atoms with Crippen molar-refractivity contribution in [3.8, 4) is 0 Å². The monoisotopic (exact) mass is 1870 g/mol. The molecule has 0 aromatic carbocycles. The van der Waals surface area contributed by atoms with Crippen molar-refractivity contribution >= 4 is 65.0 Å². The number of aliphatic hydroxyl groups excluding tert-OH is 9. The average molecular weight is 1870 g/mol. The highest BCUT2D eigenvalue weighted by atomic mass is 16.7. The third kappa shape index (κ3) is 42.0. The SMILES string of the molecule is CC(=O)NC1C(OCC(C)(C)CC(C)C(=O)NCCCNC(=O)CCC(CCC(=O)NCCCNC(=O)C(C)(C)CC(C)(C)COC2OC(CO)C(O)C(O)C2NC(C)=O)(CCC(=O)NCCCNC(=O)C(C)(C)CC(C)(C)COC2OC(CO)C(O)C(O)C2NC(C)=O)NC(=O)CCCC(=O)NCC(C)(C)CC(C)(C)COC2CCCC(C(C)C)CC2)OC(CO)C(O)C1O. The van der Waals surface area contributed by atoms with E-state index in [9.17, 15) is 98.7 Å². The van der Waals surface area contributed by atoms with E-state index < -0.39 is 192 Å². The van der Waals surface area contributed by atoms with Crippen LogP contribution in [0.5, 0.6) is 0 Å². The lowest BCUT2D eigenvalue weighted by Crippen LogP contribution is -2.64. The molecule has 11 amide bonds. The standard InChI is InChI=1S/C93H169N11O27/c1-56(2)61-26-21-27-62(31-30-61)125-53-88(11,12)48-87(9,10)51-100-66(111)28-22-29-70(115)104-93(35-32-67(112)94-38-23-41-97-80(122)57(3)44-86(7,8)52-126-81-71(101-58(4)108)77(119)74(116)63(45-105)129-81,36-33-68(113)95-39-24-42-98-84(123)91(17,18)49-89(13,14)54-127-82-72(102-59(5)109)78(120)75(117)64(46-106)130-82)37-34-69(114)96-40-25-43-99-85(124)92(19,20)50-90(15,16)55-128-83-73(103-60(6)110)79(121)76(118)65(47-107)131-83/h56-57,61-65,71-79,81-83,105-107,116-121H,21-55H2,1-20H3,(H,94,112)(H,95,113)(H,96,114)(H,97,122)(H,98,123)(H,99,124)(H,100,111)(H,101,108)(H,102,109)(H,103,110)(H,104,115). The second-order valence-corrected chi connectivity index (χ2v) is 42.8. The Bertz CT molecular complexity index is 3450. The first-order valence-corrected chi connectivity index (χ1v) is 47.3. The molecule has 0 spiro atoms. The normalized spacial score (nSPS) is 25.5. The number of hydrogen-bond donors (Lipinski definition) is 20. The van der Waals surface area contributed by atoms with E-state index in [1.54, 1.807) is 34.6 Å². The van der Waals surface area contributed by atoms with Crippen LogP contribution in [0.4, 0.5) is 0 Å². The Morgan fingerprint density at radius 3 is 1.09 bits per heavy atom. The van der Waals surface area contributed by atoms with Gasteiger partial charge in [-0.3, -0.25) is 52.7 Å². The fourth-order valence-corrected chi connectivity index (χ4v) is 18.6. The quantitative estimate of drug-likeness (QED) is 0.0307. The summed E-state index contributed by atoms with van der Waals surface area (Å²) in [5.41, 5.74) is -5.96. The molecule has 3 saturated heterocycles. The van der Waals surface area contributed by atoms with Crippen molar-refractivity contribution < 1.29 is 132 Å². The number of amides is 11. The fraction of sp³-hybridized carbons (Fsp3) is 0.882. The summed E-state index contributed by atoms with van der Waals surface area (Å²) in [5, 5.41) is 125. The Labute approximate surface area is 776 Å². The molecule has 1 aliphatic carbocycles. The van der Waals surface area contributed by atoms with Gasteiger partial charge in [0.25, 0.3) is 0 Å². The molecule has 38 nitrogen and oxygen atoms in total. The lowest BCUT2D eigenvalue weighted by molar-refractivity contribution is -0.276. The highest BCUT2D eigenvalue weighted by molar-refractivity contribution is 5.83. The maximum atomic E-state index is 14.6. The molecule has 4 aliphatic rings. The molecular formula is C93H169N11O27. The first-order valence-electron chi connectivity index (χ1n) is 47.3. The van der Waals surface area contributed by atoms with E-state index in [0.717, 1.165) is 32.1 Å². The highest BCUT2D eigenvalue weighted by Crippen LogP contribution is 2.40. The predicted molar refractivity (Wildman–Crippen MR) is 487 cm³/mol. The van der Waals surface area contributed by atoms with E-state index in [1.165, 1.54) is 27.2 Å². The summed E-state index contributed by atoms with van der Waals surface area (Å²) in [5.74, 6) is -3.73. The van der Waals surface area contributed by atoms with Crippen molar-refractivity contribution in [3.05, 3.63) is 0 Å². The Morgan fingerprint density at radius 1 is 0.374 bits per heavy atom. The minimum atomic E-state index is -1.52. The Kier molecular flexibility index (Phi) is 48.6. The number of nitrogens with one attached hydrogen (secondary N) is 11. The van der Waals surface area contributed by atoms with E-state index in [4.69, 9.17) is 33.2 Å². The number of carbonyl (C=O) groups is 11. The van der Waals surface area contributed by atoms with Gasteiger partial charge >= 0.3 is 0 Å². The molecule has 0 radical (unpaired) electrons. The van der Waals surface area contributed by atoms with Crippen molar-refractivity contribution in [3.63, 3.8) is 0 Å². The van der Waals surface area contributed by atoms with Crippen molar-refractivity contribution in [2.24, 2.45) is 55.7 Å². The van der Waals surface area contributed by atoms with Crippen LogP contribution >= 0.6 is 0 Å². The minimum Gasteiger partial charge on any atom is -0.394 e. The summed E-state index contributed by atoms with van der Waals surface area (Å²) in [6, 6.07) is -3.48. The van der Waals surface area contributed by atoms with Gasteiger partial charge in [0.2, 0.25) is 65.0 Å². The van der Waals surface area contributed by atoms with Gasteiger partial charge in [-0.2, -0.15) is 0 Å². The van der Waals surface area contributed by atoms with Crippen molar-refractivity contribution in [1.29, 1.82) is 0 Å². The molecule has 18 unspecified atom stereocenters. The third-order valence-electron chi connectivity index (χ3n) is 25.0. The van der Waals surface area contributed by atoms with Crippen molar-refractivity contribution in [2.45, 2.75) is 377 Å². The van der Waals surface area contributed by atoms with Gasteiger partial charge in [-0.1, -0.05) is 131 Å². The van der Waals surface area contributed by atoms with Crippen LogP contribution < -0.4 is 58.5 Å². The number of rotatable bonds is 58. The van der Waals surface area contributed by atoms with E-state index in [2.05, 4.69) is 100 Å². The van der Waals surface area contributed by atoms with Crippen LogP contribution in [0.2, 0.25) is 0 Å². The van der Waals surface area contributed by atoms with Gasteiger partial charge in [-0.15, -0.1) is 0 Å². The molecule has 18 atom stereocenters. The minimum absolute atomic E-state index is 0.000939. The van der Waals surface area contributed by atoms with Crippen LogP contribution in [-0.2, 0) is 85.9 Å². The van der Waals surface area contributed by atoms with Gasteiger partial charge in [0.15, 0.2) is 18.9 Å². The second kappa shape index (κ2) is 54.5. The zero-order valence-electron chi connectivity index (χ0n) is 82.1. The molecule has 131 heavy (non-hydrogen) atoms. The van der Waals surface area contributed by atoms with Crippen LogP contribution in [0.15, 0.2) is 0 Å². The number of hydrogen-bond acceptors (Lipinski definition) is 27. The molecule has 4 rings (SSSR count). The maximum absolute atomic E-state index is 14.6. The smallest absolute Gasteiger partial charge is 0.225 e. The summed E-state index contributed by atoms with van der Waals surface area (Å²) in [6.45, 7) is 36.5. The maximum Gasteiger partial charge on any atom is 0.225 e. The van der Waals surface area contributed by atoms with E-state index in [1.807, 2.05) is 41.5 Å². The Balaban J connectivity index is 1.51. The molecule has 20 N–H and O–H groups in total. The summed E-state index contributed by atoms with van der Waals surface area (Å²) >= 11 is 0. The molecule has 0 bridgehead atoms. The molecule has 3 heterocycles. The molecule has 1 saturated carbocycles. The number of ether oxygens (including phenoxy) is 7. The Hall–Kier alpha value is -6.47. The molecule has 4 fully saturated rings. The third-order valence-corrected chi connectivity index (χ3v) is 25.0. The van der Waals surface area contributed by atoms with E-state index in [-0.39, 0.29) is 183 Å². The zero-order chi connectivity index (χ0) is 98.8. The largest absolute Gasteiger partial charge is 0.394 e. The lowest BCUT2D eigenvalue weighted by Gasteiger charge is -2.43. The van der Waals surface area contributed by atoms with Gasteiger partial charge in [0, 0.05) is 121 Å². The zero-order valence-corrected chi connectivity index (χ0v) is 82.1. The van der Waals surface area contributed by atoms with Gasteiger partial charge in [-0.05, 0) is 129 Å². The fourth-order valence-electron chi connectivity index (χ4n) is 18.6. The molecule has 0 aromatic heterocycles. The van der Waals surface area contributed by atoms with Gasteiger partial charge in [0.05, 0.1) is 52.4 Å². The van der Waals surface area contributed by atoms with Crippen LogP contribution in [0, 0.1) is 55.7 Å². The number of carbonyl (C=O) groups excluding carboxylic acids is 11. The van der Waals surface area contributed by atoms with Crippen molar-refractivity contribution in [2.75, 3.05) is 92.1 Å². The van der Waals surface area contributed by atoms with Gasteiger partial charge in [0.1, 0.15) is 73.1 Å². The van der Waals surface area contributed by atoms with Crippen molar-refractivity contribution in [1.82, 2.24) is 58.5 Å². The van der Waals surface area contributed by atoms with Gasteiger partial charge in [-0.25, -0.2) is 0 Å². The van der Waals surface area contributed by atoms with Crippen LogP contribution in [0.1, 0.15) is 273 Å². The van der Waals surface area contributed by atoms with E-state index in [0.29, 0.717) is 37.8 Å². The molecule has 38 heteroatoms. The molecule has 0 aromatic rings. The second-order valence-electron chi connectivity index (χ2n) is 42.8. The van der Waals surface area contributed by atoms with E-state index >= 15 is 0 Å². The summed E-state index contributed by atoms with van der Waals surface area (Å²) in [4.78, 5) is 148. The molecule has 758 valence electrons. The topological polar surface area (TPSA) is 567 Å².